The number of methoxy groups -OCH3 is 1. The summed E-state index contributed by atoms with van der Waals surface area (Å²) >= 11 is 3.28. The topological polar surface area (TPSA) is 57.0 Å². The average Bonchev–Trinajstić information content (AvgIpc) is 2.77. The lowest BCUT2D eigenvalue weighted by Crippen LogP contribution is -2.19. The number of hydrogen-bond acceptors (Lipinski definition) is 4. The Morgan fingerprint density at radius 1 is 1.36 bits per heavy atom. The Kier molecular flexibility index (Phi) is 5.01. The number of carbonyl (C=O) groups is 1. The SMILES string of the molecule is COc1cccc(-c2nc(Br)nn2CC(=O)CC(C)(C)C)c1. The molecule has 22 heavy (non-hydrogen) atoms. The Hall–Kier alpha value is -1.69. The van der Waals surface area contributed by atoms with E-state index >= 15 is 0 Å². The zero-order valence-electron chi connectivity index (χ0n) is 13.3. The fourth-order valence-corrected chi connectivity index (χ4v) is 2.57. The van der Waals surface area contributed by atoms with Crippen molar-refractivity contribution < 1.29 is 9.53 Å². The van der Waals surface area contributed by atoms with Crippen molar-refractivity contribution in [3.8, 4) is 17.1 Å². The van der Waals surface area contributed by atoms with E-state index in [0.717, 1.165) is 11.3 Å². The van der Waals surface area contributed by atoms with Crippen LogP contribution in [0, 0.1) is 5.41 Å². The first-order valence-electron chi connectivity index (χ1n) is 7.05. The number of nitrogens with zero attached hydrogens (tertiary/aromatic N) is 3. The van der Waals surface area contributed by atoms with Gasteiger partial charge < -0.3 is 4.74 Å². The number of carbonyl (C=O) groups excluding carboxylic acids is 1. The molecule has 118 valence electrons. The molecule has 0 aliphatic heterocycles. The summed E-state index contributed by atoms with van der Waals surface area (Å²) in [6.45, 7) is 6.35. The van der Waals surface area contributed by atoms with Crippen molar-refractivity contribution in [1.82, 2.24) is 14.8 Å². The Bertz CT molecular complexity index is 674. The monoisotopic (exact) mass is 365 g/mol. The molecule has 0 bridgehead atoms. The summed E-state index contributed by atoms with van der Waals surface area (Å²) in [5.41, 5.74) is 0.825. The van der Waals surface area contributed by atoms with E-state index in [1.807, 2.05) is 45.0 Å². The van der Waals surface area contributed by atoms with Crippen LogP contribution in [0.5, 0.6) is 5.75 Å². The maximum atomic E-state index is 12.2. The predicted octanol–water partition coefficient (Wildman–Crippen LogP) is 3.72. The first-order valence-corrected chi connectivity index (χ1v) is 7.84. The third-order valence-corrected chi connectivity index (χ3v) is 3.36. The third kappa shape index (κ3) is 4.40. The van der Waals surface area contributed by atoms with Crippen molar-refractivity contribution in [3.05, 3.63) is 29.0 Å². The highest BCUT2D eigenvalue weighted by Crippen LogP contribution is 2.25. The van der Waals surface area contributed by atoms with Crippen LogP contribution in [-0.4, -0.2) is 27.7 Å². The second-order valence-corrected chi connectivity index (χ2v) is 7.08. The molecule has 5 nitrogen and oxygen atoms in total. The van der Waals surface area contributed by atoms with Gasteiger partial charge in [0.2, 0.25) is 4.73 Å². The summed E-state index contributed by atoms with van der Waals surface area (Å²) in [6.07, 6.45) is 0.502. The van der Waals surface area contributed by atoms with Gasteiger partial charge in [-0.25, -0.2) is 9.67 Å². The van der Waals surface area contributed by atoms with Crippen LogP contribution in [-0.2, 0) is 11.3 Å². The van der Waals surface area contributed by atoms with Crippen molar-refractivity contribution in [2.24, 2.45) is 5.41 Å². The maximum absolute atomic E-state index is 12.2. The molecular weight excluding hydrogens is 346 g/mol. The Balaban J connectivity index is 2.28. The standard InChI is InChI=1S/C16H20BrN3O2/c1-16(2,3)9-12(21)10-20-14(18-15(17)19-20)11-6-5-7-13(8-11)22-4/h5-8H,9-10H2,1-4H3. The van der Waals surface area contributed by atoms with Crippen molar-refractivity contribution in [1.29, 1.82) is 0 Å². The molecule has 0 saturated carbocycles. The molecule has 0 spiro atoms. The van der Waals surface area contributed by atoms with E-state index in [2.05, 4.69) is 26.0 Å². The molecule has 2 rings (SSSR count). The fraction of sp³-hybridized carbons (Fsp3) is 0.438. The molecule has 0 aliphatic rings. The van der Waals surface area contributed by atoms with Crippen LogP contribution in [0.25, 0.3) is 11.4 Å². The minimum atomic E-state index is -0.0367. The van der Waals surface area contributed by atoms with Gasteiger partial charge in [-0.05, 0) is 33.5 Å². The van der Waals surface area contributed by atoms with E-state index in [1.54, 1.807) is 11.8 Å². The molecule has 0 saturated heterocycles. The lowest BCUT2D eigenvalue weighted by molar-refractivity contribution is -0.121. The fourth-order valence-electron chi connectivity index (χ4n) is 2.21. The lowest BCUT2D eigenvalue weighted by Gasteiger charge is -2.16. The molecule has 0 radical (unpaired) electrons. The number of aromatic nitrogens is 3. The molecule has 1 aromatic heterocycles. The van der Waals surface area contributed by atoms with Crippen molar-refractivity contribution >= 4 is 21.7 Å². The summed E-state index contributed by atoms with van der Waals surface area (Å²) in [4.78, 5) is 16.6. The number of ether oxygens (including phenoxy) is 1. The molecule has 0 unspecified atom stereocenters. The molecule has 1 aromatic carbocycles. The Morgan fingerprint density at radius 3 is 2.73 bits per heavy atom. The van der Waals surface area contributed by atoms with Crippen LogP contribution < -0.4 is 4.74 Å². The van der Waals surface area contributed by atoms with Crippen LogP contribution in [0.4, 0.5) is 0 Å². The maximum Gasteiger partial charge on any atom is 0.217 e. The molecule has 6 heteroatoms. The normalized spacial score (nSPS) is 11.5. The quantitative estimate of drug-likeness (QED) is 0.809. The lowest BCUT2D eigenvalue weighted by atomic mass is 9.90. The number of Topliss-reactive ketones (excluding diaryl/α,β-unsaturated/α-hetero) is 1. The van der Waals surface area contributed by atoms with E-state index in [0.29, 0.717) is 17.0 Å². The van der Waals surface area contributed by atoms with Gasteiger partial charge in [0.1, 0.15) is 12.3 Å². The van der Waals surface area contributed by atoms with E-state index in [4.69, 9.17) is 4.74 Å². The van der Waals surface area contributed by atoms with Gasteiger partial charge in [0.25, 0.3) is 0 Å². The van der Waals surface area contributed by atoms with E-state index < -0.39 is 0 Å². The summed E-state index contributed by atoms with van der Waals surface area (Å²) in [6, 6.07) is 7.55. The number of benzene rings is 1. The molecule has 0 aliphatic carbocycles. The summed E-state index contributed by atoms with van der Waals surface area (Å²) in [5, 5.41) is 4.27. The number of hydrogen-bond donors (Lipinski definition) is 0. The van der Waals surface area contributed by atoms with Crippen LogP contribution in [0.2, 0.25) is 0 Å². The van der Waals surface area contributed by atoms with Crippen molar-refractivity contribution in [2.45, 2.75) is 33.7 Å². The van der Waals surface area contributed by atoms with Crippen LogP contribution in [0.15, 0.2) is 29.0 Å². The van der Waals surface area contributed by atoms with Gasteiger partial charge in [-0.15, -0.1) is 5.10 Å². The zero-order valence-corrected chi connectivity index (χ0v) is 14.8. The molecule has 0 amide bonds. The average molecular weight is 366 g/mol. The molecule has 2 aromatic rings. The van der Waals surface area contributed by atoms with Gasteiger partial charge >= 0.3 is 0 Å². The minimum absolute atomic E-state index is 0.0367. The van der Waals surface area contributed by atoms with Crippen molar-refractivity contribution in [2.75, 3.05) is 7.11 Å². The third-order valence-electron chi connectivity index (χ3n) is 3.03. The molecule has 1 heterocycles. The second kappa shape index (κ2) is 6.60. The van der Waals surface area contributed by atoms with Gasteiger partial charge in [0, 0.05) is 12.0 Å². The highest BCUT2D eigenvalue weighted by Gasteiger charge is 2.19. The summed E-state index contributed by atoms with van der Waals surface area (Å²) in [7, 11) is 1.62. The molecular formula is C16H20BrN3O2. The number of halogens is 1. The van der Waals surface area contributed by atoms with E-state index in [1.165, 1.54) is 0 Å². The first-order chi connectivity index (χ1) is 10.3. The molecule has 0 N–H and O–H groups in total. The first kappa shape index (κ1) is 16.7. The Morgan fingerprint density at radius 2 is 2.09 bits per heavy atom. The van der Waals surface area contributed by atoms with Gasteiger partial charge in [-0.3, -0.25) is 4.79 Å². The summed E-state index contributed by atoms with van der Waals surface area (Å²) < 4.78 is 7.33. The van der Waals surface area contributed by atoms with E-state index in [9.17, 15) is 4.79 Å². The highest BCUT2D eigenvalue weighted by atomic mass is 79.9. The van der Waals surface area contributed by atoms with Crippen LogP contribution in [0.3, 0.4) is 0 Å². The molecule has 0 fully saturated rings. The van der Waals surface area contributed by atoms with Crippen LogP contribution in [0.1, 0.15) is 27.2 Å². The molecule has 0 atom stereocenters. The minimum Gasteiger partial charge on any atom is -0.497 e. The van der Waals surface area contributed by atoms with Gasteiger partial charge in [-0.2, -0.15) is 0 Å². The number of rotatable bonds is 5. The predicted molar refractivity (Wildman–Crippen MR) is 88.8 cm³/mol. The Labute approximate surface area is 138 Å². The summed E-state index contributed by atoms with van der Waals surface area (Å²) in [5.74, 6) is 1.52. The smallest absolute Gasteiger partial charge is 0.217 e. The highest BCUT2D eigenvalue weighted by molar-refractivity contribution is 9.10. The van der Waals surface area contributed by atoms with Crippen molar-refractivity contribution in [3.63, 3.8) is 0 Å². The van der Waals surface area contributed by atoms with Gasteiger partial charge in [0.05, 0.1) is 7.11 Å². The largest absolute Gasteiger partial charge is 0.497 e. The van der Waals surface area contributed by atoms with E-state index in [-0.39, 0.29) is 17.7 Å². The second-order valence-electron chi connectivity index (χ2n) is 6.37. The number of ketones is 1. The van der Waals surface area contributed by atoms with Gasteiger partial charge in [-0.1, -0.05) is 32.9 Å². The van der Waals surface area contributed by atoms with Gasteiger partial charge in [0.15, 0.2) is 11.6 Å². The zero-order chi connectivity index (χ0) is 16.3. The van der Waals surface area contributed by atoms with Crippen LogP contribution >= 0.6 is 15.9 Å².